The second-order valence-electron chi connectivity index (χ2n) is 5.86. The summed E-state index contributed by atoms with van der Waals surface area (Å²) in [6.07, 6.45) is 11.5. The molecule has 0 aliphatic carbocycles. The van der Waals surface area contributed by atoms with Crippen LogP contribution in [0.3, 0.4) is 0 Å². The summed E-state index contributed by atoms with van der Waals surface area (Å²) in [6.45, 7) is 7.87. The van der Waals surface area contributed by atoms with Crippen LogP contribution in [0.25, 0.3) is 0 Å². The molecular weight excluding hydrogens is 280 g/mol. The molecule has 0 heterocycles. The lowest BCUT2D eigenvalue weighted by molar-refractivity contribution is -0.00891. The summed E-state index contributed by atoms with van der Waals surface area (Å²) in [6, 6.07) is 2.11. The third-order valence-corrected chi connectivity index (χ3v) is 7.70. The van der Waals surface area contributed by atoms with E-state index in [0.717, 1.165) is 25.1 Å². The van der Waals surface area contributed by atoms with Crippen LogP contribution in [0.1, 0.15) is 78.6 Å². The molecule has 0 radical (unpaired) electrons. The van der Waals surface area contributed by atoms with Gasteiger partial charge in [0.1, 0.15) is 6.79 Å². The van der Waals surface area contributed by atoms with Gasteiger partial charge in [-0.15, -0.1) is 0 Å². The molecule has 0 fully saturated rings. The molecule has 4 heteroatoms. The van der Waals surface area contributed by atoms with E-state index in [1.807, 2.05) is 7.11 Å². The smallest absolute Gasteiger partial charge is 0.339 e. The van der Waals surface area contributed by atoms with Gasteiger partial charge in [0.25, 0.3) is 0 Å². The molecule has 0 aromatic carbocycles. The lowest BCUT2D eigenvalue weighted by Crippen LogP contribution is -2.41. The van der Waals surface area contributed by atoms with Crippen LogP contribution in [-0.4, -0.2) is 29.1 Å². The topological polar surface area (TPSA) is 27.7 Å². The second kappa shape index (κ2) is 15.0. The molecule has 3 nitrogen and oxygen atoms in total. The molecule has 0 aliphatic heterocycles. The Morgan fingerprint density at radius 3 is 2.00 bits per heavy atom. The molecule has 0 aromatic rings. The van der Waals surface area contributed by atoms with Gasteiger partial charge in [-0.05, 0) is 18.5 Å². The predicted octanol–water partition coefficient (Wildman–Crippen LogP) is 5.64. The first kappa shape index (κ1) is 21.1. The third kappa shape index (κ3) is 11.3. The van der Waals surface area contributed by atoms with Crippen LogP contribution >= 0.6 is 0 Å². The van der Waals surface area contributed by atoms with Crippen LogP contribution in [0.2, 0.25) is 12.1 Å². The minimum atomic E-state index is -2.01. The van der Waals surface area contributed by atoms with Gasteiger partial charge in [-0.25, -0.2) is 0 Å². The standard InChI is InChI=1S/C17H38O3Si/c1-5-8-10-11-12-14-16-21(7-3,18-4)20-17-19-15-13-9-6-2/h5-17H2,1-4H3. The van der Waals surface area contributed by atoms with Crippen molar-refractivity contribution in [2.24, 2.45) is 0 Å². The molecule has 0 saturated heterocycles. The summed E-state index contributed by atoms with van der Waals surface area (Å²) >= 11 is 0. The van der Waals surface area contributed by atoms with Crippen LogP contribution in [0.15, 0.2) is 0 Å². The first-order chi connectivity index (χ1) is 10.2. The Morgan fingerprint density at radius 1 is 0.762 bits per heavy atom. The summed E-state index contributed by atoms with van der Waals surface area (Å²) in [7, 11) is -0.196. The van der Waals surface area contributed by atoms with Gasteiger partial charge in [-0.2, -0.15) is 0 Å². The van der Waals surface area contributed by atoms with Crippen molar-refractivity contribution in [3.05, 3.63) is 0 Å². The molecule has 0 bridgehead atoms. The zero-order valence-corrected chi connectivity index (χ0v) is 15.9. The third-order valence-electron chi connectivity index (χ3n) is 4.12. The van der Waals surface area contributed by atoms with Gasteiger partial charge in [-0.3, -0.25) is 0 Å². The van der Waals surface area contributed by atoms with Crippen molar-refractivity contribution in [2.75, 3.05) is 20.5 Å². The van der Waals surface area contributed by atoms with E-state index in [4.69, 9.17) is 13.6 Å². The maximum Gasteiger partial charge on any atom is 0.339 e. The fraction of sp³-hybridized carbons (Fsp3) is 1.00. The number of rotatable bonds is 16. The van der Waals surface area contributed by atoms with Crippen LogP contribution in [-0.2, 0) is 13.6 Å². The van der Waals surface area contributed by atoms with E-state index >= 15 is 0 Å². The quantitative estimate of drug-likeness (QED) is 0.209. The SMILES string of the molecule is CCCCCCCC[Si](CC)(OC)OCOCCCCC. The van der Waals surface area contributed by atoms with Crippen molar-refractivity contribution in [3.63, 3.8) is 0 Å². The Kier molecular flexibility index (Phi) is 15.1. The van der Waals surface area contributed by atoms with Gasteiger partial charge >= 0.3 is 8.56 Å². The maximum absolute atomic E-state index is 6.03. The van der Waals surface area contributed by atoms with Gasteiger partial charge in [0.15, 0.2) is 0 Å². The molecule has 0 aliphatic rings. The van der Waals surface area contributed by atoms with Crippen molar-refractivity contribution in [3.8, 4) is 0 Å². The van der Waals surface area contributed by atoms with Crippen molar-refractivity contribution < 1.29 is 13.6 Å². The molecule has 21 heavy (non-hydrogen) atoms. The Labute approximate surface area is 134 Å². The number of unbranched alkanes of at least 4 members (excludes halogenated alkanes) is 7. The zero-order chi connectivity index (χ0) is 15.8. The van der Waals surface area contributed by atoms with E-state index < -0.39 is 8.56 Å². The van der Waals surface area contributed by atoms with Gasteiger partial charge in [0.05, 0.1) is 0 Å². The zero-order valence-electron chi connectivity index (χ0n) is 14.9. The normalized spacial score (nSPS) is 14.3. The molecule has 0 rings (SSSR count). The summed E-state index contributed by atoms with van der Waals surface area (Å²) < 4.78 is 17.4. The minimum Gasteiger partial charge on any atom is -0.398 e. The largest absolute Gasteiger partial charge is 0.398 e. The highest BCUT2D eigenvalue weighted by atomic mass is 28.4. The second-order valence-corrected chi connectivity index (χ2v) is 9.59. The molecule has 0 N–H and O–H groups in total. The van der Waals surface area contributed by atoms with E-state index in [9.17, 15) is 0 Å². The lowest BCUT2D eigenvalue weighted by atomic mass is 10.1. The Morgan fingerprint density at radius 2 is 1.38 bits per heavy atom. The Hall–Kier alpha value is 0.0969. The fourth-order valence-electron chi connectivity index (χ4n) is 2.49. The van der Waals surface area contributed by atoms with Crippen molar-refractivity contribution in [1.82, 2.24) is 0 Å². The molecule has 0 spiro atoms. The van der Waals surface area contributed by atoms with Crippen LogP contribution in [0.5, 0.6) is 0 Å². The molecule has 1 unspecified atom stereocenters. The molecule has 0 amide bonds. The number of ether oxygens (including phenoxy) is 1. The summed E-state index contributed by atoms with van der Waals surface area (Å²) in [5.41, 5.74) is 0. The van der Waals surface area contributed by atoms with Gasteiger partial charge in [-0.1, -0.05) is 72.1 Å². The van der Waals surface area contributed by atoms with Gasteiger partial charge < -0.3 is 13.6 Å². The van der Waals surface area contributed by atoms with Crippen LogP contribution in [0, 0.1) is 0 Å². The highest BCUT2D eigenvalue weighted by molar-refractivity contribution is 6.67. The van der Waals surface area contributed by atoms with E-state index in [0.29, 0.717) is 6.79 Å². The van der Waals surface area contributed by atoms with Crippen molar-refractivity contribution in [1.29, 1.82) is 0 Å². The predicted molar refractivity (Wildman–Crippen MR) is 92.9 cm³/mol. The highest BCUT2D eigenvalue weighted by Gasteiger charge is 2.33. The molecule has 0 aromatic heterocycles. The van der Waals surface area contributed by atoms with E-state index in [1.54, 1.807) is 0 Å². The number of hydrogen-bond acceptors (Lipinski definition) is 3. The van der Waals surface area contributed by atoms with Gasteiger partial charge in [0.2, 0.25) is 0 Å². The molecule has 128 valence electrons. The summed E-state index contributed by atoms with van der Waals surface area (Å²) in [4.78, 5) is 0. The molecular formula is C17H38O3Si. The van der Waals surface area contributed by atoms with E-state index in [-0.39, 0.29) is 0 Å². The van der Waals surface area contributed by atoms with E-state index in [1.165, 1.54) is 51.4 Å². The monoisotopic (exact) mass is 318 g/mol. The fourth-order valence-corrected chi connectivity index (χ4v) is 4.89. The van der Waals surface area contributed by atoms with Crippen LogP contribution < -0.4 is 0 Å². The summed E-state index contributed by atoms with van der Waals surface area (Å²) in [5, 5.41) is 0. The Bertz CT molecular complexity index is 190. The average molecular weight is 319 g/mol. The lowest BCUT2D eigenvalue weighted by Gasteiger charge is -2.28. The minimum absolute atomic E-state index is 0.410. The first-order valence-corrected chi connectivity index (χ1v) is 11.2. The molecule has 1 atom stereocenters. The highest BCUT2D eigenvalue weighted by Crippen LogP contribution is 2.22. The average Bonchev–Trinajstić information content (AvgIpc) is 2.52. The first-order valence-electron chi connectivity index (χ1n) is 9.01. The van der Waals surface area contributed by atoms with Crippen molar-refractivity contribution >= 4 is 8.56 Å². The maximum atomic E-state index is 6.03. The van der Waals surface area contributed by atoms with Gasteiger partial charge in [0, 0.05) is 13.7 Å². The molecule has 0 saturated carbocycles. The Balaban J connectivity index is 3.78. The summed E-state index contributed by atoms with van der Waals surface area (Å²) in [5.74, 6) is 0. The van der Waals surface area contributed by atoms with E-state index in [2.05, 4.69) is 20.8 Å². The number of hydrogen-bond donors (Lipinski definition) is 0. The van der Waals surface area contributed by atoms with Crippen LogP contribution in [0.4, 0.5) is 0 Å². The van der Waals surface area contributed by atoms with Crippen molar-refractivity contribution in [2.45, 2.75) is 90.6 Å².